The molecule has 0 saturated heterocycles. The molecule has 0 spiro atoms. The van der Waals surface area contributed by atoms with E-state index in [-0.39, 0.29) is 0 Å². The molecule has 18 heavy (non-hydrogen) atoms. The molecule has 2 nitrogen and oxygen atoms in total. The van der Waals surface area contributed by atoms with E-state index in [1.807, 2.05) is 30.3 Å². The van der Waals surface area contributed by atoms with E-state index in [9.17, 15) is 5.26 Å². The summed E-state index contributed by atoms with van der Waals surface area (Å²) >= 11 is 9.45. The average Bonchev–Trinajstić information content (AvgIpc) is 2.38. The topological polar surface area (TPSA) is 49.8 Å². The molecule has 0 saturated carbocycles. The normalized spacial score (nSPS) is 14.9. The van der Waals surface area contributed by atoms with Crippen molar-refractivity contribution in [3.63, 3.8) is 0 Å². The lowest BCUT2D eigenvalue weighted by molar-refractivity contribution is 1.42. The summed E-state index contributed by atoms with van der Waals surface area (Å²) in [5, 5.41) is 12.3. The van der Waals surface area contributed by atoms with Crippen LogP contribution < -0.4 is 5.73 Å². The molecule has 0 aliphatic carbocycles. The van der Waals surface area contributed by atoms with Crippen LogP contribution in [0.1, 0.15) is 5.56 Å². The van der Waals surface area contributed by atoms with Crippen LogP contribution in [-0.4, -0.2) is 5.02 Å². The number of thioether (sulfide) groups is 1. The van der Waals surface area contributed by atoms with Gasteiger partial charge in [-0.15, -0.1) is 0 Å². The van der Waals surface area contributed by atoms with Crippen LogP contribution in [0.5, 0.6) is 0 Å². The Balaban J connectivity index is 2.59. The molecule has 1 aromatic carbocycles. The zero-order chi connectivity index (χ0) is 13.1. The molecule has 88 valence electrons. The highest BCUT2D eigenvalue weighted by Gasteiger charge is 2.18. The monoisotopic (exact) mass is 334 g/mol. The van der Waals surface area contributed by atoms with Gasteiger partial charge in [-0.25, -0.2) is 0 Å². The molecule has 0 aromatic heterocycles. The molecule has 1 aromatic rings. The van der Waals surface area contributed by atoms with Crippen molar-refractivity contribution >= 4 is 50.5 Å². The summed E-state index contributed by atoms with van der Waals surface area (Å²) < 4.78 is 0.984. The summed E-state index contributed by atoms with van der Waals surface area (Å²) in [5.41, 5.74) is 8.08. The van der Waals surface area contributed by atoms with Crippen LogP contribution in [0.15, 0.2) is 50.3 Å². The Hall–Kier alpha value is -1.31. The van der Waals surface area contributed by atoms with Gasteiger partial charge in [-0.2, -0.15) is 5.26 Å². The molecule has 0 unspecified atom stereocenters. The Morgan fingerprint density at radius 2 is 1.94 bits per heavy atom. The summed E-state index contributed by atoms with van der Waals surface area (Å²) in [6.45, 7) is 0. The van der Waals surface area contributed by atoms with E-state index in [0.717, 1.165) is 20.5 Å². The molecule has 2 N–H and O–H groups in total. The van der Waals surface area contributed by atoms with Crippen molar-refractivity contribution in [2.24, 2.45) is 5.73 Å². The third kappa shape index (κ3) is 2.58. The summed E-state index contributed by atoms with van der Waals surface area (Å²) in [7, 11) is 0. The first-order valence-corrected chi connectivity index (χ1v) is 6.98. The predicted octanol–water partition coefficient (Wildman–Crippen LogP) is 3.76. The Labute approximate surface area is 123 Å². The number of nitrogens with zero attached hydrogens (tertiary/aromatic N) is 1. The maximum Gasteiger partial charge on any atom is 0.103 e. The van der Waals surface area contributed by atoms with Crippen LogP contribution in [0.3, 0.4) is 0 Å². The van der Waals surface area contributed by atoms with Crippen molar-refractivity contribution < 1.29 is 0 Å². The Kier molecular flexibility index (Phi) is 4.05. The number of nitriles is 1. The van der Waals surface area contributed by atoms with Crippen molar-refractivity contribution in [1.29, 1.82) is 5.26 Å². The number of hydrogen-bond donors (Lipinski definition) is 1. The van der Waals surface area contributed by atoms with Crippen molar-refractivity contribution in [2.45, 2.75) is 0 Å². The summed E-state index contributed by atoms with van der Waals surface area (Å²) in [6.07, 6.45) is 1.84. The molecular formula is C13H7BrN2S2. The first-order chi connectivity index (χ1) is 8.65. The average molecular weight is 335 g/mol. The van der Waals surface area contributed by atoms with E-state index >= 15 is 0 Å². The fourth-order valence-electron chi connectivity index (χ4n) is 1.56. The molecule has 5 heteroatoms. The maximum absolute atomic E-state index is 9.20. The van der Waals surface area contributed by atoms with Gasteiger partial charge in [-0.1, -0.05) is 39.8 Å². The molecule has 0 fully saturated rings. The molecular weight excluding hydrogens is 328 g/mol. The first kappa shape index (κ1) is 13.1. The number of thiocarbonyl (C=S) groups is 1. The third-order valence-electron chi connectivity index (χ3n) is 2.38. The minimum atomic E-state index is 0.463. The molecule has 2 rings (SSSR count). The lowest BCUT2D eigenvalue weighted by atomic mass is 9.98. The maximum atomic E-state index is 9.20. The first-order valence-electron chi connectivity index (χ1n) is 4.96. The molecule has 0 amide bonds. The van der Waals surface area contributed by atoms with Gasteiger partial charge in [0, 0.05) is 10.0 Å². The number of halogens is 1. The minimum absolute atomic E-state index is 0.463. The molecule has 1 aliphatic rings. The fraction of sp³-hybridized carbons (Fsp3) is 0. The standard InChI is InChI=1S/C13H7BrN2S2/c14-9-3-1-8(2-4-9)11-5-10(7-17)18-13(16)12(11)6-15/h1-5H,16H2. The highest BCUT2D eigenvalue weighted by molar-refractivity contribution is 9.10. The van der Waals surface area contributed by atoms with Gasteiger partial charge in [-0.3, -0.25) is 0 Å². The predicted molar refractivity (Wildman–Crippen MR) is 82.6 cm³/mol. The Bertz CT molecular complexity index is 645. The van der Waals surface area contributed by atoms with Gasteiger partial charge in [0.1, 0.15) is 6.07 Å². The van der Waals surface area contributed by atoms with Gasteiger partial charge in [0.2, 0.25) is 0 Å². The van der Waals surface area contributed by atoms with Crippen LogP contribution in [-0.2, 0) is 0 Å². The SMILES string of the molecule is N#CC1=C(N)SC(=C=S)C=C1c1ccc(Br)cc1. The second-order valence-electron chi connectivity index (χ2n) is 3.48. The van der Waals surface area contributed by atoms with E-state index < -0.39 is 0 Å². The number of allylic oxidation sites excluding steroid dienone is 3. The lowest BCUT2D eigenvalue weighted by Crippen LogP contribution is -2.04. The summed E-state index contributed by atoms with van der Waals surface area (Å²) in [5.74, 6) is 0. The minimum Gasteiger partial charge on any atom is -0.392 e. The van der Waals surface area contributed by atoms with Crippen molar-refractivity contribution in [2.75, 3.05) is 0 Å². The highest BCUT2D eigenvalue weighted by atomic mass is 79.9. The highest BCUT2D eigenvalue weighted by Crippen LogP contribution is 2.37. The van der Waals surface area contributed by atoms with E-state index in [4.69, 9.17) is 18.0 Å². The van der Waals surface area contributed by atoms with Crippen LogP contribution in [0, 0.1) is 11.3 Å². The van der Waals surface area contributed by atoms with Gasteiger partial charge in [0.05, 0.1) is 15.5 Å². The zero-order valence-corrected chi connectivity index (χ0v) is 12.3. The third-order valence-corrected chi connectivity index (χ3v) is 4.12. The van der Waals surface area contributed by atoms with Crippen LogP contribution in [0.2, 0.25) is 0 Å². The second kappa shape index (κ2) is 5.55. The van der Waals surface area contributed by atoms with Crippen molar-refractivity contribution in [1.82, 2.24) is 0 Å². The quantitative estimate of drug-likeness (QED) is 0.794. The fourth-order valence-corrected chi connectivity index (χ4v) is 2.72. The molecule has 0 bridgehead atoms. The van der Waals surface area contributed by atoms with Crippen LogP contribution in [0.4, 0.5) is 0 Å². The molecule has 1 aliphatic heterocycles. The molecule has 1 heterocycles. The van der Waals surface area contributed by atoms with Gasteiger partial charge in [-0.05, 0) is 41.0 Å². The van der Waals surface area contributed by atoms with Gasteiger partial charge >= 0.3 is 0 Å². The van der Waals surface area contributed by atoms with Gasteiger partial charge in [0.25, 0.3) is 0 Å². The molecule has 0 radical (unpaired) electrons. The van der Waals surface area contributed by atoms with Gasteiger partial charge in [0.15, 0.2) is 0 Å². The van der Waals surface area contributed by atoms with Crippen molar-refractivity contribution in [3.05, 3.63) is 55.9 Å². The Morgan fingerprint density at radius 1 is 1.28 bits per heavy atom. The number of benzene rings is 1. The molecule has 0 atom stereocenters. The van der Waals surface area contributed by atoms with Crippen LogP contribution >= 0.6 is 39.9 Å². The van der Waals surface area contributed by atoms with Crippen LogP contribution in [0.25, 0.3) is 5.57 Å². The van der Waals surface area contributed by atoms with Crippen molar-refractivity contribution in [3.8, 4) is 6.07 Å². The van der Waals surface area contributed by atoms with Gasteiger partial charge < -0.3 is 5.73 Å². The summed E-state index contributed by atoms with van der Waals surface area (Å²) in [4.78, 5) is 0.749. The zero-order valence-electron chi connectivity index (χ0n) is 9.11. The van der Waals surface area contributed by atoms with E-state index in [1.165, 1.54) is 11.8 Å². The number of rotatable bonds is 1. The largest absolute Gasteiger partial charge is 0.392 e. The Morgan fingerprint density at radius 3 is 2.50 bits per heavy atom. The lowest BCUT2D eigenvalue weighted by Gasteiger charge is -2.15. The van der Waals surface area contributed by atoms with E-state index in [0.29, 0.717) is 10.6 Å². The smallest absolute Gasteiger partial charge is 0.103 e. The van der Waals surface area contributed by atoms with E-state index in [2.05, 4.69) is 27.0 Å². The number of nitrogens with two attached hydrogens (primary N) is 1. The number of hydrogen-bond acceptors (Lipinski definition) is 4. The van der Waals surface area contributed by atoms with E-state index in [1.54, 1.807) is 0 Å². The second-order valence-corrected chi connectivity index (χ2v) is 5.69. The summed E-state index contributed by atoms with van der Waals surface area (Å²) in [6, 6.07) is 9.84.